The van der Waals surface area contributed by atoms with Crippen molar-refractivity contribution in [3.63, 3.8) is 0 Å². The molecule has 1 fully saturated rings. The SMILES string of the molecule is CC(C)(C)OC(=O)N1CCN(Cc2ccn(Cc3cccc(F)c3)c(=O)c2ON)CC1. The van der Waals surface area contributed by atoms with Gasteiger partial charge in [0.25, 0.3) is 5.56 Å². The van der Waals surface area contributed by atoms with Crippen molar-refractivity contribution in [1.29, 1.82) is 0 Å². The Kier molecular flexibility index (Phi) is 6.97. The van der Waals surface area contributed by atoms with E-state index in [1.807, 2.05) is 20.8 Å². The number of carbonyl (C=O) groups is 1. The highest BCUT2D eigenvalue weighted by Gasteiger charge is 2.26. The topological polar surface area (TPSA) is 90.0 Å². The summed E-state index contributed by atoms with van der Waals surface area (Å²) in [6.45, 7) is 8.52. The molecule has 31 heavy (non-hydrogen) atoms. The molecule has 0 saturated carbocycles. The van der Waals surface area contributed by atoms with Gasteiger partial charge in [-0.25, -0.2) is 9.18 Å². The number of benzene rings is 1. The smallest absolute Gasteiger partial charge is 0.410 e. The molecule has 1 aromatic carbocycles. The van der Waals surface area contributed by atoms with Crippen molar-refractivity contribution < 1.29 is 18.8 Å². The van der Waals surface area contributed by atoms with Crippen molar-refractivity contribution in [2.24, 2.45) is 5.90 Å². The fourth-order valence-electron chi connectivity index (χ4n) is 3.45. The third-order valence-corrected chi connectivity index (χ3v) is 4.98. The van der Waals surface area contributed by atoms with E-state index < -0.39 is 5.60 Å². The molecule has 2 heterocycles. The lowest BCUT2D eigenvalue weighted by molar-refractivity contribution is 0.0138. The minimum atomic E-state index is -0.531. The van der Waals surface area contributed by atoms with E-state index in [9.17, 15) is 14.0 Å². The van der Waals surface area contributed by atoms with Gasteiger partial charge >= 0.3 is 6.09 Å². The van der Waals surface area contributed by atoms with E-state index in [0.717, 1.165) is 0 Å². The average Bonchev–Trinajstić information content (AvgIpc) is 2.69. The van der Waals surface area contributed by atoms with Crippen molar-refractivity contribution in [3.05, 3.63) is 63.8 Å². The number of piperazine rings is 1. The lowest BCUT2D eigenvalue weighted by Gasteiger charge is -2.35. The fourth-order valence-corrected chi connectivity index (χ4v) is 3.45. The number of hydrogen-bond donors (Lipinski definition) is 1. The van der Waals surface area contributed by atoms with Gasteiger partial charge in [0.2, 0.25) is 5.75 Å². The first-order chi connectivity index (χ1) is 14.7. The summed E-state index contributed by atoms with van der Waals surface area (Å²) in [4.78, 5) is 33.7. The highest BCUT2D eigenvalue weighted by atomic mass is 19.1. The van der Waals surface area contributed by atoms with Gasteiger partial charge in [0.05, 0.1) is 6.54 Å². The van der Waals surface area contributed by atoms with Gasteiger partial charge in [-0.2, -0.15) is 5.90 Å². The quantitative estimate of drug-likeness (QED) is 0.730. The number of nitrogens with zero attached hydrogens (tertiary/aromatic N) is 3. The number of rotatable bonds is 5. The number of carbonyl (C=O) groups excluding carboxylic acids is 1. The van der Waals surface area contributed by atoms with Crippen LogP contribution in [0.4, 0.5) is 9.18 Å². The summed E-state index contributed by atoms with van der Waals surface area (Å²) in [6, 6.07) is 7.86. The van der Waals surface area contributed by atoms with Crippen LogP contribution in [0.1, 0.15) is 31.9 Å². The van der Waals surface area contributed by atoms with E-state index >= 15 is 0 Å². The lowest BCUT2D eigenvalue weighted by atomic mass is 10.2. The molecule has 1 aromatic heterocycles. The Hall–Kier alpha value is -2.91. The monoisotopic (exact) mass is 432 g/mol. The molecule has 0 spiro atoms. The lowest BCUT2D eigenvalue weighted by Crippen LogP contribution is -2.49. The number of aromatic nitrogens is 1. The van der Waals surface area contributed by atoms with Gasteiger partial charge in [-0.15, -0.1) is 0 Å². The molecule has 168 valence electrons. The van der Waals surface area contributed by atoms with Crippen LogP contribution in [0.2, 0.25) is 0 Å². The summed E-state index contributed by atoms with van der Waals surface area (Å²) in [5.41, 5.74) is 0.415. The number of amides is 1. The first-order valence-corrected chi connectivity index (χ1v) is 10.2. The highest BCUT2D eigenvalue weighted by Crippen LogP contribution is 2.18. The zero-order valence-electron chi connectivity index (χ0n) is 18.1. The highest BCUT2D eigenvalue weighted by molar-refractivity contribution is 5.68. The van der Waals surface area contributed by atoms with Crippen LogP contribution in [0.3, 0.4) is 0 Å². The largest absolute Gasteiger partial charge is 0.444 e. The minimum absolute atomic E-state index is 0.0634. The van der Waals surface area contributed by atoms with Gasteiger partial charge in [-0.3, -0.25) is 9.69 Å². The van der Waals surface area contributed by atoms with Crippen LogP contribution in [0.5, 0.6) is 5.75 Å². The molecule has 1 aliphatic heterocycles. The van der Waals surface area contributed by atoms with E-state index in [2.05, 4.69) is 4.90 Å². The van der Waals surface area contributed by atoms with Gasteiger partial charge in [0.1, 0.15) is 11.4 Å². The molecule has 0 unspecified atom stereocenters. The van der Waals surface area contributed by atoms with Crippen LogP contribution in [-0.4, -0.2) is 52.2 Å². The van der Waals surface area contributed by atoms with Crippen LogP contribution in [0, 0.1) is 5.82 Å². The first-order valence-electron chi connectivity index (χ1n) is 10.2. The predicted octanol–water partition coefficient (Wildman–Crippen LogP) is 2.34. The number of ether oxygens (including phenoxy) is 1. The Labute approximate surface area is 180 Å². The molecule has 2 N–H and O–H groups in total. The normalized spacial score (nSPS) is 15.1. The van der Waals surface area contributed by atoms with Gasteiger partial charge in [-0.05, 0) is 44.5 Å². The molecule has 0 bridgehead atoms. The summed E-state index contributed by atoms with van der Waals surface area (Å²) >= 11 is 0. The van der Waals surface area contributed by atoms with Crippen LogP contribution < -0.4 is 16.3 Å². The van der Waals surface area contributed by atoms with E-state index in [0.29, 0.717) is 43.9 Å². The van der Waals surface area contributed by atoms with Crippen molar-refractivity contribution in [2.45, 2.75) is 39.5 Å². The molecule has 1 aliphatic rings. The molecule has 3 rings (SSSR count). The summed E-state index contributed by atoms with van der Waals surface area (Å²) in [5, 5.41) is 0. The molecular weight excluding hydrogens is 403 g/mol. The van der Waals surface area contributed by atoms with Crippen molar-refractivity contribution in [3.8, 4) is 5.75 Å². The standard InChI is InChI=1S/C22H29FN4O4/c1-22(2,3)30-21(29)26-11-9-25(10-12-26)15-17-7-8-27(20(28)19(17)31-24)14-16-5-4-6-18(23)13-16/h4-8,13H,9-12,14-15,24H2,1-3H3. The number of pyridine rings is 1. The molecule has 2 aromatic rings. The van der Waals surface area contributed by atoms with E-state index in [1.54, 1.807) is 29.3 Å². The third-order valence-electron chi connectivity index (χ3n) is 4.98. The second kappa shape index (κ2) is 9.49. The van der Waals surface area contributed by atoms with Gasteiger partial charge in [0, 0.05) is 44.5 Å². The number of nitrogens with two attached hydrogens (primary N) is 1. The average molecular weight is 432 g/mol. The Balaban J connectivity index is 1.65. The van der Waals surface area contributed by atoms with Crippen LogP contribution in [0.15, 0.2) is 41.3 Å². The van der Waals surface area contributed by atoms with Crippen LogP contribution in [-0.2, 0) is 17.8 Å². The fraction of sp³-hybridized carbons (Fsp3) is 0.455. The molecule has 0 atom stereocenters. The van der Waals surface area contributed by atoms with Crippen molar-refractivity contribution in [1.82, 2.24) is 14.4 Å². The Bertz CT molecular complexity index is 978. The Morgan fingerprint density at radius 1 is 1.13 bits per heavy atom. The zero-order valence-corrected chi connectivity index (χ0v) is 18.1. The summed E-state index contributed by atoms with van der Waals surface area (Å²) in [7, 11) is 0. The second-order valence-corrected chi connectivity index (χ2v) is 8.59. The molecule has 1 amide bonds. The Morgan fingerprint density at radius 2 is 1.84 bits per heavy atom. The zero-order chi connectivity index (χ0) is 22.6. The Morgan fingerprint density at radius 3 is 2.45 bits per heavy atom. The predicted molar refractivity (Wildman–Crippen MR) is 114 cm³/mol. The number of hydrogen-bond acceptors (Lipinski definition) is 6. The molecular formula is C22H29FN4O4. The second-order valence-electron chi connectivity index (χ2n) is 8.59. The first kappa shape index (κ1) is 22.8. The third kappa shape index (κ3) is 6.05. The summed E-state index contributed by atoms with van der Waals surface area (Å²) < 4.78 is 20.3. The minimum Gasteiger partial charge on any atom is -0.444 e. The molecule has 0 radical (unpaired) electrons. The molecule has 9 heteroatoms. The van der Waals surface area contributed by atoms with Crippen molar-refractivity contribution >= 4 is 6.09 Å². The molecule has 0 aliphatic carbocycles. The maximum Gasteiger partial charge on any atom is 0.410 e. The maximum absolute atomic E-state index is 13.4. The van der Waals surface area contributed by atoms with Gasteiger partial charge < -0.3 is 19.0 Å². The summed E-state index contributed by atoms with van der Waals surface area (Å²) in [6.07, 6.45) is 1.33. The van der Waals surface area contributed by atoms with Crippen molar-refractivity contribution in [2.75, 3.05) is 26.2 Å². The molecule has 1 saturated heterocycles. The van der Waals surface area contributed by atoms with E-state index in [-0.39, 0.29) is 29.8 Å². The number of halogens is 1. The van der Waals surface area contributed by atoms with E-state index in [1.165, 1.54) is 16.7 Å². The van der Waals surface area contributed by atoms with Crippen LogP contribution in [0.25, 0.3) is 0 Å². The maximum atomic E-state index is 13.4. The summed E-state index contributed by atoms with van der Waals surface area (Å²) in [5.74, 6) is 5.11. The van der Waals surface area contributed by atoms with Crippen LogP contribution >= 0.6 is 0 Å². The molecule has 8 nitrogen and oxygen atoms in total. The van der Waals surface area contributed by atoms with Gasteiger partial charge in [0.15, 0.2) is 0 Å². The van der Waals surface area contributed by atoms with Gasteiger partial charge in [-0.1, -0.05) is 12.1 Å². The van der Waals surface area contributed by atoms with E-state index in [4.69, 9.17) is 15.5 Å².